The first-order valence-electron chi connectivity index (χ1n) is 6.95. The number of hydrogen-bond acceptors (Lipinski definition) is 4. The van der Waals surface area contributed by atoms with E-state index in [2.05, 4.69) is 20.8 Å². The number of carbonyl (C=O) groups is 1. The minimum Gasteiger partial charge on any atom is -0.423 e. The number of nitrogens with zero attached hydrogens (tertiary/aromatic N) is 1. The number of carbonyl (C=O) groups excluding carboxylic acids is 1. The third-order valence-electron chi connectivity index (χ3n) is 3.31. The van der Waals surface area contributed by atoms with E-state index in [-0.39, 0.29) is 21.7 Å². The van der Waals surface area contributed by atoms with Crippen LogP contribution in [-0.2, 0) is 5.41 Å². The summed E-state index contributed by atoms with van der Waals surface area (Å²) in [6.45, 7) is 6.26. The summed E-state index contributed by atoms with van der Waals surface area (Å²) < 4.78 is 5.26. The molecule has 2 aromatic carbocycles. The van der Waals surface area contributed by atoms with Gasteiger partial charge in [-0.2, -0.15) is 0 Å². The topological polar surface area (TPSA) is 69.4 Å². The summed E-state index contributed by atoms with van der Waals surface area (Å²) in [6, 6.07) is 10.8. The molecule has 0 fully saturated rings. The van der Waals surface area contributed by atoms with Crippen LogP contribution in [0.25, 0.3) is 0 Å². The maximum absolute atomic E-state index is 12.1. The molecule has 120 valence electrons. The van der Waals surface area contributed by atoms with E-state index in [1.54, 1.807) is 12.1 Å². The number of halogens is 1. The molecule has 0 saturated carbocycles. The first kappa shape index (κ1) is 17.0. The summed E-state index contributed by atoms with van der Waals surface area (Å²) >= 11 is 5.91. The van der Waals surface area contributed by atoms with Gasteiger partial charge in [-0.25, -0.2) is 4.79 Å². The van der Waals surface area contributed by atoms with E-state index in [0.717, 1.165) is 11.6 Å². The number of nitro groups is 1. The Bertz CT molecular complexity index is 748. The van der Waals surface area contributed by atoms with Gasteiger partial charge in [0.25, 0.3) is 5.69 Å². The summed E-state index contributed by atoms with van der Waals surface area (Å²) in [5.41, 5.74) is 1.02. The minimum absolute atomic E-state index is 0.00418. The van der Waals surface area contributed by atoms with Crippen molar-refractivity contribution in [1.29, 1.82) is 0 Å². The molecule has 0 atom stereocenters. The zero-order valence-electron chi connectivity index (χ0n) is 13.0. The van der Waals surface area contributed by atoms with E-state index in [1.807, 2.05) is 12.1 Å². The highest BCUT2D eigenvalue weighted by Gasteiger charge is 2.18. The lowest BCUT2D eigenvalue weighted by molar-refractivity contribution is -0.384. The van der Waals surface area contributed by atoms with Crippen LogP contribution < -0.4 is 4.74 Å². The standard InChI is InChI=1S/C17H16ClNO4/c1-17(2,3)11-4-7-13(8-5-11)23-16(20)14-9-6-12(19(21)22)10-15(14)18/h4-10H,1-3H3. The molecule has 0 heterocycles. The minimum atomic E-state index is -0.659. The lowest BCUT2D eigenvalue weighted by Crippen LogP contribution is -2.12. The fourth-order valence-electron chi connectivity index (χ4n) is 1.97. The van der Waals surface area contributed by atoms with E-state index < -0.39 is 10.9 Å². The zero-order valence-corrected chi connectivity index (χ0v) is 13.8. The Kier molecular flexibility index (Phi) is 4.71. The Morgan fingerprint density at radius 2 is 1.74 bits per heavy atom. The summed E-state index contributed by atoms with van der Waals surface area (Å²) in [7, 11) is 0. The van der Waals surface area contributed by atoms with Crippen LogP contribution in [0.1, 0.15) is 36.7 Å². The fourth-order valence-corrected chi connectivity index (χ4v) is 2.22. The van der Waals surface area contributed by atoms with Gasteiger partial charge in [0, 0.05) is 12.1 Å². The van der Waals surface area contributed by atoms with Gasteiger partial charge in [-0.1, -0.05) is 44.5 Å². The zero-order chi connectivity index (χ0) is 17.2. The largest absolute Gasteiger partial charge is 0.423 e. The van der Waals surface area contributed by atoms with Gasteiger partial charge in [-0.15, -0.1) is 0 Å². The Hall–Kier alpha value is -2.40. The van der Waals surface area contributed by atoms with Crippen molar-refractivity contribution in [3.05, 3.63) is 68.7 Å². The Labute approximate surface area is 139 Å². The smallest absolute Gasteiger partial charge is 0.345 e. The quantitative estimate of drug-likeness (QED) is 0.351. The number of nitro benzene ring substituents is 1. The lowest BCUT2D eigenvalue weighted by Gasteiger charge is -2.19. The molecule has 0 aliphatic carbocycles. The average molecular weight is 334 g/mol. The maximum Gasteiger partial charge on any atom is 0.345 e. The van der Waals surface area contributed by atoms with Crippen molar-refractivity contribution in [1.82, 2.24) is 0 Å². The van der Waals surface area contributed by atoms with E-state index in [0.29, 0.717) is 5.75 Å². The Morgan fingerprint density at radius 1 is 1.13 bits per heavy atom. The van der Waals surface area contributed by atoms with Gasteiger partial charge in [0.2, 0.25) is 0 Å². The van der Waals surface area contributed by atoms with Crippen molar-refractivity contribution in [3.63, 3.8) is 0 Å². The second-order valence-corrected chi connectivity index (χ2v) is 6.49. The normalized spacial score (nSPS) is 11.1. The van der Waals surface area contributed by atoms with Gasteiger partial charge < -0.3 is 4.74 Å². The first-order valence-corrected chi connectivity index (χ1v) is 7.33. The molecule has 5 nitrogen and oxygen atoms in total. The molecule has 0 aromatic heterocycles. The van der Waals surface area contributed by atoms with E-state index in [4.69, 9.17) is 16.3 Å². The molecular weight excluding hydrogens is 318 g/mol. The molecule has 2 aromatic rings. The highest BCUT2D eigenvalue weighted by Crippen LogP contribution is 2.26. The second-order valence-electron chi connectivity index (χ2n) is 6.09. The summed E-state index contributed by atoms with van der Waals surface area (Å²) in [5, 5.41) is 10.7. The highest BCUT2D eigenvalue weighted by atomic mass is 35.5. The molecule has 0 saturated heterocycles. The summed E-state index contributed by atoms with van der Waals surface area (Å²) in [4.78, 5) is 22.2. The van der Waals surface area contributed by atoms with Crippen LogP contribution in [0.15, 0.2) is 42.5 Å². The van der Waals surface area contributed by atoms with Crippen LogP contribution in [0.3, 0.4) is 0 Å². The maximum atomic E-state index is 12.1. The van der Waals surface area contributed by atoms with Crippen LogP contribution in [0.2, 0.25) is 5.02 Å². The summed E-state index contributed by atoms with van der Waals surface area (Å²) in [6.07, 6.45) is 0. The summed E-state index contributed by atoms with van der Waals surface area (Å²) in [5.74, 6) is -0.272. The molecule has 0 amide bonds. The van der Waals surface area contributed by atoms with Gasteiger partial charge in [-0.05, 0) is 29.2 Å². The number of benzene rings is 2. The molecule has 0 unspecified atom stereocenters. The molecule has 0 aliphatic heterocycles. The van der Waals surface area contributed by atoms with Crippen molar-refractivity contribution >= 4 is 23.3 Å². The van der Waals surface area contributed by atoms with Crippen molar-refractivity contribution < 1.29 is 14.5 Å². The Balaban J connectivity index is 2.17. The number of rotatable bonds is 3. The van der Waals surface area contributed by atoms with Gasteiger partial charge in [0.15, 0.2) is 0 Å². The molecule has 0 N–H and O–H groups in total. The van der Waals surface area contributed by atoms with Crippen LogP contribution in [-0.4, -0.2) is 10.9 Å². The van der Waals surface area contributed by atoms with Gasteiger partial charge in [0.1, 0.15) is 5.75 Å². The second kappa shape index (κ2) is 6.38. The molecule has 23 heavy (non-hydrogen) atoms. The molecule has 2 rings (SSSR count). The first-order chi connectivity index (χ1) is 10.7. The van der Waals surface area contributed by atoms with Crippen molar-refractivity contribution in [2.45, 2.75) is 26.2 Å². The fraction of sp³-hybridized carbons (Fsp3) is 0.235. The van der Waals surface area contributed by atoms with Crippen molar-refractivity contribution in [2.24, 2.45) is 0 Å². The van der Waals surface area contributed by atoms with E-state index in [1.165, 1.54) is 12.1 Å². The average Bonchev–Trinajstić information content (AvgIpc) is 2.46. The van der Waals surface area contributed by atoms with Crippen LogP contribution in [0.5, 0.6) is 5.75 Å². The third kappa shape index (κ3) is 4.07. The predicted octanol–water partition coefficient (Wildman–Crippen LogP) is 4.76. The molecular formula is C17H16ClNO4. The molecule has 6 heteroatoms. The molecule has 0 spiro atoms. The predicted molar refractivity (Wildman–Crippen MR) is 88.2 cm³/mol. The molecule has 0 bridgehead atoms. The van der Waals surface area contributed by atoms with Crippen molar-refractivity contribution in [3.8, 4) is 5.75 Å². The van der Waals surface area contributed by atoms with Crippen molar-refractivity contribution in [2.75, 3.05) is 0 Å². The number of non-ortho nitro benzene ring substituents is 1. The Morgan fingerprint density at radius 3 is 2.22 bits per heavy atom. The third-order valence-corrected chi connectivity index (χ3v) is 3.63. The number of ether oxygens (including phenoxy) is 1. The highest BCUT2D eigenvalue weighted by molar-refractivity contribution is 6.33. The van der Waals surface area contributed by atoms with E-state index >= 15 is 0 Å². The number of esters is 1. The van der Waals surface area contributed by atoms with Gasteiger partial charge in [0.05, 0.1) is 15.5 Å². The van der Waals surface area contributed by atoms with Gasteiger partial charge in [-0.3, -0.25) is 10.1 Å². The van der Waals surface area contributed by atoms with E-state index in [9.17, 15) is 14.9 Å². The molecule has 0 radical (unpaired) electrons. The van der Waals surface area contributed by atoms with Gasteiger partial charge >= 0.3 is 5.97 Å². The monoisotopic (exact) mass is 333 g/mol. The lowest BCUT2D eigenvalue weighted by atomic mass is 9.87. The van der Waals surface area contributed by atoms with Crippen LogP contribution >= 0.6 is 11.6 Å². The van der Waals surface area contributed by atoms with Crippen LogP contribution in [0.4, 0.5) is 5.69 Å². The molecule has 0 aliphatic rings. The number of hydrogen-bond donors (Lipinski definition) is 0. The SMILES string of the molecule is CC(C)(C)c1ccc(OC(=O)c2ccc([N+](=O)[O-])cc2Cl)cc1. The van der Waals surface area contributed by atoms with Crippen LogP contribution in [0, 0.1) is 10.1 Å².